The normalized spacial score (nSPS) is 30.5. The van der Waals surface area contributed by atoms with Crippen molar-refractivity contribution in [3.8, 4) is 0 Å². The van der Waals surface area contributed by atoms with Gasteiger partial charge in [0.15, 0.2) is 0 Å². The third kappa shape index (κ3) is 2.91. The summed E-state index contributed by atoms with van der Waals surface area (Å²) in [5.41, 5.74) is 0.660. The first-order chi connectivity index (χ1) is 8.76. The predicted octanol–water partition coefficient (Wildman–Crippen LogP) is 3.19. The summed E-state index contributed by atoms with van der Waals surface area (Å²) in [6.45, 7) is 3.45. The van der Waals surface area contributed by atoms with E-state index in [1.54, 1.807) is 0 Å². The zero-order valence-corrected chi connectivity index (χ0v) is 11.7. The van der Waals surface area contributed by atoms with E-state index in [4.69, 9.17) is 0 Å². The van der Waals surface area contributed by atoms with Gasteiger partial charge in [0.05, 0.1) is 6.10 Å². The lowest BCUT2D eigenvalue weighted by Gasteiger charge is -2.25. The van der Waals surface area contributed by atoms with Crippen molar-refractivity contribution in [2.24, 2.45) is 11.3 Å². The summed E-state index contributed by atoms with van der Waals surface area (Å²) in [6.07, 6.45) is 13.7. The summed E-state index contributed by atoms with van der Waals surface area (Å²) in [6, 6.07) is 0. The van der Waals surface area contributed by atoms with Gasteiger partial charge in [-0.25, -0.2) is 0 Å². The van der Waals surface area contributed by atoms with Crippen LogP contribution in [0.2, 0.25) is 0 Å². The van der Waals surface area contributed by atoms with Crippen molar-refractivity contribution >= 4 is 0 Å². The molecule has 1 atom stereocenters. The molecule has 2 saturated carbocycles. The van der Waals surface area contributed by atoms with E-state index >= 15 is 0 Å². The molecule has 2 nitrogen and oxygen atoms in total. The molecule has 1 spiro atoms. The first-order valence-corrected chi connectivity index (χ1v) is 8.16. The maximum absolute atomic E-state index is 10.3. The standard InChI is InChI=1S/C16H29NO/c18-15(11-14-5-1-2-6-14)12-17-10-9-16(13-17)7-3-4-8-16/h14-15,18H,1-13H2. The Labute approximate surface area is 112 Å². The van der Waals surface area contributed by atoms with Crippen LogP contribution >= 0.6 is 0 Å². The van der Waals surface area contributed by atoms with Gasteiger partial charge < -0.3 is 10.0 Å². The summed E-state index contributed by atoms with van der Waals surface area (Å²) in [4.78, 5) is 2.55. The number of aliphatic hydroxyl groups excluding tert-OH is 1. The molecule has 3 rings (SSSR count). The molecule has 1 heterocycles. The van der Waals surface area contributed by atoms with E-state index < -0.39 is 0 Å². The van der Waals surface area contributed by atoms with Crippen LogP contribution in [-0.4, -0.2) is 35.7 Å². The van der Waals surface area contributed by atoms with E-state index in [1.165, 1.54) is 70.9 Å². The molecule has 1 unspecified atom stereocenters. The van der Waals surface area contributed by atoms with E-state index in [-0.39, 0.29) is 6.10 Å². The van der Waals surface area contributed by atoms with Crippen LogP contribution in [0.25, 0.3) is 0 Å². The van der Waals surface area contributed by atoms with Gasteiger partial charge in [-0.3, -0.25) is 0 Å². The summed E-state index contributed by atoms with van der Waals surface area (Å²) < 4.78 is 0. The molecule has 0 radical (unpaired) electrons. The summed E-state index contributed by atoms with van der Waals surface area (Å²) in [5.74, 6) is 0.822. The lowest BCUT2D eigenvalue weighted by Crippen LogP contribution is -2.33. The van der Waals surface area contributed by atoms with Gasteiger partial charge in [0.1, 0.15) is 0 Å². The zero-order chi connectivity index (χ0) is 12.4. The second kappa shape index (κ2) is 5.50. The van der Waals surface area contributed by atoms with E-state index in [2.05, 4.69) is 4.90 Å². The van der Waals surface area contributed by atoms with Crippen molar-refractivity contribution in [3.63, 3.8) is 0 Å². The molecule has 18 heavy (non-hydrogen) atoms. The number of β-amino-alcohol motifs (C(OH)–C–C–N with tert-alkyl or cyclic N) is 1. The fourth-order valence-corrected chi connectivity index (χ4v) is 4.72. The van der Waals surface area contributed by atoms with Gasteiger partial charge >= 0.3 is 0 Å². The Kier molecular flexibility index (Phi) is 3.95. The average molecular weight is 251 g/mol. The summed E-state index contributed by atoms with van der Waals surface area (Å²) >= 11 is 0. The molecule has 1 N–H and O–H groups in total. The lowest BCUT2D eigenvalue weighted by molar-refractivity contribution is 0.0958. The third-order valence-corrected chi connectivity index (χ3v) is 5.73. The highest BCUT2D eigenvalue weighted by molar-refractivity contribution is 4.93. The number of aliphatic hydroxyl groups is 1. The number of hydrogen-bond acceptors (Lipinski definition) is 2. The number of rotatable bonds is 4. The number of nitrogens with zero attached hydrogens (tertiary/aromatic N) is 1. The highest BCUT2D eigenvalue weighted by Crippen LogP contribution is 2.45. The molecule has 0 amide bonds. The molecule has 2 heteroatoms. The Morgan fingerprint density at radius 2 is 1.78 bits per heavy atom. The minimum atomic E-state index is -0.0651. The van der Waals surface area contributed by atoms with Crippen LogP contribution in [0.1, 0.15) is 64.2 Å². The average Bonchev–Trinajstić information content (AvgIpc) is 3.04. The second-order valence-electron chi connectivity index (χ2n) is 7.23. The van der Waals surface area contributed by atoms with Crippen LogP contribution in [0, 0.1) is 11.3 Å². The molecule has 0 aromatic carbocycles. The van der Waals surface area contributed by atoms with Gasteiger partial charge in [-0.15, -0.1) is 0 Å². The van der Waals surface area contributed by atoms with Crippen LogP contribution in [0.4, 0.5) is 0 Å². The van der Waals surface area contributed by atoms with Gasteiger partial charge in [0, 0.05) is 13.1 Å². The van der Waals surface area contributed by atoms with E-state index in [0.29, 0.717) is 5.41 Å². The highest BCUT2D eigenvalue weighted by Gasteiger charge is 2.40. The van der Waals surface area contributed by atoms with Crippen molar-refractivity contribution in [1.29, 1.82) is 0 Å². The fraction of sp³-hybridized carbons (Fsp3) is 1.00. The SMILES string of the molecule is OC(CC1CCCC1)CN1CCC2(CCCC2)C1. The Bertz CT molecular complexity index is 266. The van der Waals surface area contributed by atoms with Crippen molar-refractivity contribution in [3.05, 3.63) is 0 Å². The van der Waals surface area contributed by atoms with E-state index in [1.807, 2.05) is 0 Å². The first kappa shape index (κ1) is 12.9. The van der Waals surface area contributed by atoms with Crippen LogP contribution in [-0.2, 0) is 0 Å². The third-order valence-electron chi connectivity index (χ3n) is 5.73. The number of likely N-dealkylation sites (tertiary alicyclic amines) is 1. The second-order valence-corrected chi connectivity index (χ2v) is 7.23. The summed E-state index contributed by atoms with van der Waals surface area (Å²) in [7, 11) is 0. The Hall–Kier alpha value is -0.0800. The maximum Gasteiger partial charge on any atom is 0.0669 e. The molecule has 3 aliphatic rings. The minimum Gasteiger partial charge on any atom is -0.392 e. The lowest BCUT2D eigenvalue weighted by atomic mass is 9.86. The molecule has 0 bridgehead atoms. The van der Waals surface area contributed by atoms with Crippen molar-refractivity contribution in [2.75, 3.05) is 19.6 Å². The van der Waals surface area contributed by atoms with Crippen molar-refractivity contribution < 1.29 is 5.11 Å². The van der Waals surface area contributed by atoms with Gasteiger partial charge in [0.25, 0.3) is 0 Å². The molecule has 0 aromatic rings. The molecular weight excluding hydrogens is 222 g/mol. The molecule has 3 fully saturated rings. The fourth-order valence-electron chi connectivity index (χ4n) is 4.72. The monoisotopic (exact) mass is 251 g/mol. The van der Waals surface area contributed by atoms with E-state index in [0.717, 1.165) is 18.9 Å². The first-order valence-electron chi connectivity index (χ1n) is 8.16. The smallest absolute Gasteiger partial charge is 0.0669 e. The van der Waals surface area contributed by atoms with Gasteiger partial charge in [-0.1, -0.05) is 38.5 Å². The Morgan fingerprint density at radius 3 is 2.50 bits per heavy atom. The quantitative estimate of drug-likeness (QED) is 0.829. The van der Waals surface area contributed by atoms with Gasteiger partial charge in [-0.2, -0.15) is 0 Å². The zero-order valence-electron chi connectivity index (χ0n) is 11.7. The number of hydrogen-bond donors (Lipinski definition) is 1. The van der Waals surface area contributed by atoms with Crippen LogP contribution in [0.5, 0.6) is 0 Å². The molecule has 1 saturated heterocycles. The Morgan fingerprint density at radius 1 is 1.06 bits per heavy atom. The van der Waals surface area contributed by atoms with Gasteiger partial charge in [-0.05, 0) is 43.6 Å². The van der Waals surface area contributed by atoms with Crippen molar-refractivity contribution in [1.82, 2.24) is 4.90 Å². The topological polar surface area (TPSA) is 23.5 Å². The maximum atomic E-state index is 10.3. The van der Waals surface area contributed by atoms with E-state index in [9.17, 15) is 5.11 Å². The predicted molar refractivity (Wildman–Crippen MR) is 74.5 cm³/mol. The minimum absolute atomic E-state index is 0.0651. The van der Waals surface area contributed by atoms with Crippen LogP contribution in [0.3, 0.4) is 0 Å². The molecule has 104 valence electrons. The van der Waals surface area contributed by atoms with Crippen molar-refractivity contribution in [2.45, 2.75) is 70.3 Å². The molecule has 1 aliphatic heterocycles. The van der Waals surface area contributed by atoms with Crippen LogP contribution < -0.4 is 0 Å². The Balaban J connectivity index is 1.42. The molecule has 2 aliphatic carbocycles. The largest absolute Gasteiger partial charge is 0.392 e. The molecular formula is C16H29NO. The van der Waals surface area contributed by atoms with Crippen LogP contribution in [0.15, 0.2) is 0 Å². The van der Waals surface area contributed by atoms with Gasteiger partial charge in [0.2, 0.25) is 0 Å². The molecule has 0 aromatic heterocycles. The summed E-state index contributed by atoms with van der Waals surface area (Å²) in [5, 5.41) is 10.3. The highest BCUT2D eigenvalue weighted by atomic mass is 16.3.